The van der Waals surface area contributed by atoms with Crippen LogP contribution in [0.1, 0.15) is 11.3 Å². The molecule has 0 amide bonds. The Kier molecular flexibility index (Phi) is 4.33. The van der Waals surface area contributed by atoms with Crippen LogP contribution in [0.25, 0.3) is 21.0 Å². The average molecular weight is 393 g/mol. The first-order valence-electron chi connectivity index (χ1n) is 8.38. The molecule has 28 heavy (non-hydrogen) atoms. The molecule has 0 bridgehead atoms. The van der Waals surface area contributed by atoms with Crippen LogP contribution >= 0.6 is 11.3 Å². The largest absolute Gasteiger partial charge is 0.457 e. The molecule has 3 aromatic heterocycles. The Labute approximate surface area is 162 Å². The van der Waals surface area contributed by atoms with Crippen molar-refractivity contribution < 1.29 is 4.42 Å². The molecule has 1 aromatic carbocycles. The standard InChI is InChI=1S/C19H15N5O3S/c1-23-16(12(9-20)18(25)24(2)19(23)26)21-10-11-7-8-14(27-11)17-22-13-5-3-4-6-15(13)28-17/h3-8,21H,10H2,1-2H3. The Hall–Kier alpha value is -3.64. The Morgan fingerprint density at radius 2 is 1.96 bits per heavy atom. The Bertz CT molecular complexity index is 1320. The van der Waals surface area contributed by atoms with E-state index < -0.39 is 11.2 Å². The van der Waals surface area contributed by atoms with Crippen LogP contribution in [0, 0.1) is 11.3 Å². The van der Waals surface area contributed by atoms with Crippen LogP contribution in [-0.2, 0) is 20.6 Å². The van der Waals surface area contributed by atoms with Gasteiger partial charge in [-0.05, 0) is 24.3 Å². The van der Waals surface area contributed by atoms with E-state index in [4.69, 9.17) is 4.42 Å². The number of anilines is 1. The molecule has 1 N–H and O–H groups in total. The number of nitriles is 1. The van der Waals surface area contributed by atoms with Crippen LogP contribution in [0.5, 0.6) is 0 Å². The van der Waals surface area contributed by atoms with Gasteiger partial charge in [-0.1, -0.05) is 12.1 Å². The summed E-state index contributed by atoms with van der Waals surface area (Å²) in [4.78, 5) is 28.8. The number of aromatic nitrogens is 3. The maximum Gasteiger partial charge on any atom is 0.332 e. The quantitative estimate of drug-likeness (QED) is 0.571. The molecule has 0 aliphatic carbocycles. The van der Waals surface area contributed by atoms with Gasteiger partial charge in [-0.25, -0.2) is 9.78 Å². The number of fused-ring (bicyclic) bond motifs is 1. The van der Waals surface area contributed by atoms with Crippen LogP contribution in [0.4, 0.5) is 5.82 Å². The van der Waals surface area contributed by atoms with Crippen molar-refractivity contribution in [2.75, 3.05) is 5.32 Å². The third-order valence-corrected chi connectivity index (χ3v) is 5.42. The maximum absolute atomic E-state index is 12.1. The molecule has 0 aliphatic rings. The van der Waals surface area contributed by atoms with Crippen LogP contribution in [0.3, 0.4) is 0 Å². The van der Waals surface area contributed by atoms with Crippen molar-refractivity contribution in [2.45, 2.75) is 6.54 Å². The lowest BCUT2D eigenvalue weighted by molar-refractivity contribution is 0.530. The number of furan rings is 1. The summed E-state index contributed by atoms with van der Waals surface area (Å²) in [6, 6.07) is 13.3. The first-order valence-corrected chi connectivity index (χ1v) is 9.20. The lowest BCUT2D eigenvalue weighted by atomic mass is 10.3. The number of nitrogens with zero attached hydrogens (tertiary/aromatic N) is 4. The summed E-state index contributed by atoms with van der Waals surface area (Å²) in [6.07, 6.45) is 0. The molecule has 0 fully saturated rings. The van der Waals surface area contributed by atoms with Crippen molar-refractivity contribution in [1.82, 2.24) is 14.1 Å². The van der Waals surface area contributed by atoms with E-state index in [1.54, 1.807) is 6.07 Å². The van der Waals surface area contributed by atoms with E-state index in [-0.39, 0.29) is 17.9 Å². The van der Waals surface area contributed by atoms with E-state index in [9.17, 15) is 14.9 Å². The van der Waals surface area contributed by atoms with Crippen LogP contribution in [0.15, 0.2) is 50.4 Å². The van der Waals surface area contributed by atoms with Crippen molar-refractivity contribution in [3.63, 3.8) is 0 Å². The van der Waals surface area contributed by atoms with E-state index in [2.05, 4.69) is 10.3 Å². The fraction of sp³-hybridized carbons (Fsp3) is 0.158. The second-order valence-electron chi connectivity index (χ2n) is 6.15. The van der Waals surface area contributed by atoms with E-state index in [1.807, 2.05) is 36.4 Å². The molecule has 0 unspecified atom stereocenters. The molecule has 0 atom stereocenters. The molecule has 0 spiro atoms. The smallest absolute Gasteiger partial charge is 0.332 e. The summed E-state index contributed by atoms with van der Waals surface area (Å²) in [5, 5.41) is 13.0. The highest BCUT2D eigenvalue weighted by atomic mass is 32.1. The van der Waals surface area contributed by atoms with Gasteiger partial charge in [-0.3, -0.25) is 13.9 Å². The van der Waals surface area contributed by atoms with Crippen LogP contribution in [0.2, 0.25) is 0 Å². The molecular weight excluding hydrogens is 378 g/mol. The van der Waals surface area contributed by atoms with Gasteiger partial charge in [0.15, 0.2) is 16.3 Å². The number of nitrogens with one attached hydrogen (secondary N) is 1. The van der Waals surface area contributed by atoms with E-state index in [0.29, 0.717) is 11.5 Å². The highest BCUT2D eigenvalue weighted by molar-refractivity contribution is 7.21. The summed E-state index contributed by atoms with van der Waals surface area (Å²) >= 11 is 1.53. The van der Waals surface area contributed by atoms with Gasteiger partial charge in [-0.2, -0.15) is 5.26 Å². The van der Waals surface area contributed by atoms with Gasteiger partial charge >= 0.3 is 5.69 Å². The molecule has 0 saturated carbocycles. The monoisotopic (exact) mass is 393 g/mol. The molecule has 4 rings (SSSR count). The zero-order valence-electron chi connectivity index (χ0n) is 15.1. The number of rotatable bonds is 4. The van der Waals surface area contributed by atoms with Crippen molar-refractivity contribution in [2.24, 2.45) is 14.1 Å². The summed E-state index contributed by atoms with van der Waals surface area (Å²) in [5.41, 5.74) is -0.362. The molecule has 9 heteroatoms. The number of hydrogen-bond acceptors (Lipinski definition) is 7. The van der Waals surface area contributed by atoms with E-state index >= 15 is 0 Å². The average Bonchev–Trinajstić information content (AvgIpc) is 3.34. The van der Waals surface area contributed by atoms with Crippen molar-refractivity contribution in [1.29, 1.82) is 5.26 Å². The molecule has 3 heterocycles. The SMILES string of the molecule is Cn1c(NCc2ccc(-c3nc4ccccc4s3)o2)c(C#N)c(=O)n(C)c1=O. The molecule has 0 radical (unpaired) electrons. The lowest BCUT2D eigenvalue weighted by Crippen LogP contribution is -2.39. The van der Waals surface area contributed by atoms with Gasteiger partial charge in [-0.15, -0.1) is 11.3 Å². The zero-order chi connectivity index (χ0) is 19.8. The minimum Gasteiger partial charge on any atom is -0.457 e. The molecule has 0 aliphatic heterocycles. The summed E-state index contributed by atoms with van der Waals surface area (Å²) < 4.78 is 9.06. The third-order valence-electron chi connectivity index (χ3n) is 4.37. The van der Waals surface area contributed by atoms with E-state index in [1.165, 1.54) is 30.0 Å². The Balaban J connectivity index is 1.62. The Morgan fingerprint density at radius 3 is 2.71 bits per heavy atom. The number of thiazole rings is 1. The Morgan fingerprint density at radius 1 is 1.18 bits per heavy atom. The van der Waals surface area contributed by atoms with Crippen molar-refractivity contribution >= 4 is 27.4 Å². The first-order chi connectivity index (χ1) is 13.5. The molecule has 0 saturated heterocycles. The summed E-state index contributed by atoms with van der Waals surface area (Å²) in [5.74, 6) is 1.39. The van der Waals surface area contributed by atoms with Crippen LogP contribution < -0.4 is 16.6 Å². The van der Waals surface area contributed by atoms with Gasteiger partial charge in [0.05, 0.1) is 16.8 Å². The van der Waals surface area contributed by atoms with Crippen molar-refractivity contribution in [3.8, 4) is 16.8 Å². The number of hydrogen-bond donors (Lipinski definition) is 1. The van der Waals surface area contributed by atoms with Gasteiger partial charge < -0.3 is 9.73 Å². The fourth-order valence-electron chi connectivity index (χ4n) is 2.89. The minimum absolute atomic E-state index is 0.123. The fourth-order valence-corrected chi connectivity index (χ4v) is 3.82. The zero-order valence-corrected chi connectivity index (χ0v) is 15.9. The maximum atomic E-state index is 12.1. The molecular formula is C19H15N5O3S. The molecule has 4 aromatic rings. The minimum atomic E-state index is -0.636. The number of para-hydroxylation sites is 1. The van der Waals surface area contributed by atoms with Crippen LogP contribution in [-0.4, -0.2) is 14.1 Å². The summed E-state index contributed by atoms with van der Waals surface area (Å²) in [7, 11) is 2.84. The topological polar surface area (TPSA) is 106 Å². The predicted octanol–water partition coefficient (Wildman–Crippen LogP) is 2.44. The highest BCUT2D eigenvalue weighted by Crippen LogP contribution is 2.31. The third kappa shape index (κ3) is 2.90. The normalized spacial score (nSPS) is 10.9. The second-order valence-corrected chi connectivity index (χ2v) is 7.18. The summed E-state index contributed by atoms with van der Waals surface area (Å²) in [6.45, 7) is 0.208. The van der Waals surface area contributed by atoms with Gasteiger partial charge in [0.25, 0.3) is 5.56 Å². The van der Waals surface area contributed by atoms with E-state index in [0.717, 1.165) is 19.8 Å². The van der Waals surface area contributed by atoms with Crippen molar-refractivity contribution in [3.05, 3.63) is 68.6 Å². The number of benzene rings is 1. The second kappa shape index (κ2) is 6.83. The first kappa shape index (κ1) is 17.8. The molecule has 140 valence electrons. The van der Waals surface area contributed by atoms with Gasteiger partial charge in [0.1, 0.15) is 17.6 Å². The highest BCUT2D eigenvalue weighted by Gasteiger charge is 2.16. The predicted molar refractivity (Wildman–Crippen MR) is 106 cm³/mol. The van der Waals surface area contributed by atoms with Gasteiger partial charge in [0.2, 0.25) is 0 Å². The molecule has 8 nitrogen and oxygen atoms in total. The van der Waals surface area contributed by atoms with Gasteiger partial charge in [0, 0.05) is 14.1 Å². The lowest BCUT2D eigenvalue weighted by Gasteiger charge is -2.12.